The molecule has 4 bridgehead atoms. The van der Waals surface area contributed by atoms with Crippen LogP contribution in [0, 0.1) is 0 Å². The lowest BCUT2D eigenvalue weighted by atomic mass is 10.0. The first-order valence-electron chi connectivity index (χ1n) is 12.9. The van der Waals surface area contributed by atoms with Crippen LogP contribution in [0.3, 0.4) is 0 Å². The number of fused-ring (bicyclic) bond motifs is 5. The summed E-state index contributed by atoms with van der Waals surface area (Å²) in [6.45, 7) is 2.14. The van der Waals surface area contributed by atoms with Crippen molar-refractivity contribution in [3.63, 3.8) is 0 Å². The number of ether oxygens (including phenoxy) is 3. The molecule has 4 atom stereocenters. The Morgan fingerprint density at radius 2 is 1.92 bits per heavy atom. The quantitative estimate of drug-likeness (QED) is 0.684. The Morgan fingerprint density at radius 3 is 2.81 bits per heavy atom. The fourth-order valence-corrected chi connectivity index (χ4v) is 5.48. The highest BCUT2D eigenvalue weighted by molar-refractivity contribution is 5.97. The molecule has 0 aromatic heterocycles. The van der Waals surface area contributed by atoms with E-state index in [0.29, 0.717) is 44.0 Å². The molecular weight excluding hydrogens is 458 g/mol. The van der Waals surface area contributed by atoms with Gasteiger partial charge in [0.1, 0.15) is 11.5 Å². The first kappa shape index (κ1) is 24.6. The molecule has 3 aliphatic rings. The lowest BCUT2D eigenvalue weighted by Crippen LogP contribution is -2.46. The van der Waals surface area contributed by atoms with Gasteiger partial charge in [0.25, 0.3) is 5.91 Å². The molecule has 0 spiro atoms. The second kappa shape index (κ2) is 11.3. The number of likely N-dealkylation sites (tertiary alicyclic amines) is 1. The lowest BCUT2D eigenvalue weighted by Gasteiger charge is -2.31. The molecule has 2 aromatic carbocycles. The third kappa shape index (κ3) is 5.82. The zero-order valence-corrected chi connectivity index (χ0v) is 20.8. The van der Waals surface area contributed by atoms with E-state index in [0.717, 1.165) is 37.0 Å². The molecule has 2 fully saturated rings. The van der Waals surface area contributed by atoms with Gasteiger partial charge in [0, 0.05) is 32.1 Å². The van der Waals surface area contributed by atoms with Crippen LogP contribution < -0.4 is 20.1 Å². The van der Waals surface area contributed by atoms with E-state index in [4.69, 9.17) is 14.2 Å². The Morgan fingerprint density at radius 1 is 1.06 bits per heavy atom. The van der Waals surface area contributed by atoms with E-state index in [1.54, 1.807) is 13.2 Å². The van der Waals surface area contributed by atoms with E-state index < -0.39 is 0 Å². The molecule has 0 unspecified atom stereocenters. The van der Waals surface area contributed by atoms with Crippen molar-refractivity contribution in [2.75, 3.05) is 26.8 Å². The van der Waals surface area contributed by atoms with E-state index in [1.807, 2.05) is 42.5 Å². The van der Waals surface area contributed by atoms with Crippen LogP contribution in [0.5, 0.6) is 11.5 Å². The maximum atomic E-state index is 13.4. The summed E-state index contributed by atoms with van der Waals surface area (Å²) in [6, 6.07) is 14.7. The van der Waals surface area contributed by atoms with Crippen LogP contribution in [0.4, 0.5) is 0 Å². The predicted molar refractivity (Wildman–Crippen MR) is 135 cm³/mol. The Balaban J connectivity index is 1.38. The van der Waals surface area contributed by atoms with Crippen molar-refractivity contribution in [3.05, 3.63) is 59.7 Å². The van der Waals surface area contributed by atoms with E-state index in [9.17, 15) is 9.59 Å². The molecule has 2 amide bonds. The van der Waals surface area contributed by atoms with Crippen molar-refractivity contribution in [2.24, 2.45) is 0 Å². The van der Waals surface area contributed by atoms with Gasteiger partial charge in [-0.2, -0.15) is 0 Å². The van der Waals surface area contributed by atoms with E-state index >= 15 is 0 Å². The monoisotopic (exact) mass is 493 g/mol. The highest BCUT2D eigenvalue weighted by Gasteiger charge is 2.38. The molecule has 192 valence electrons. The molecule has 3 heterocycles. The van der Waals surface area contributed by atoms with Gasteiger partial charge >= 0.3 is 0 Å². The van der Waals surface area contributed by atoms with Gasteiger partial charge in [0.2, 0.25) is 5.91 Å². The van der Waals surface area contributed by atoms with E-state index in [-0.39, 0.29) is 36.1 Å². The normalized spacial score (nSPS) is 27.4. The molecular formula is C28H35N3O5. The summed E-state index contributed by atoms with van der Waals surface area (Å²) >= 11 is 0. The highest BCUT2D eigenvalue weighted by atomic mass is 16.5. The van der Waals surface area contributed by atoms with Crippen molar-refractivity contribution >= 4 is 11.8 Å². The minimum absolute atomic E-state index is 0.0108. The maximum absolute atomic E-state index is 13.4. The molecule has 8 nitrogen and oxygen atoms in total. The summed E-state index contributed by atoms with van der Waals surface area (Å²) < 4.78 is 17.7. The summed E-state index contributed by atoms with van der Waals surface area (Å²) in [6.07, 6.45) is 4.38. The number of amides is 2. The molecule has 2 N–H and O–H groups in total. The number of nitrogens with zero attached hydrogens (tertiary/aromatic N) is 1. The van der Waals surface area contributed by atoms with Crippen molar-refractivity contribution < 1.29 is 23.8 Å². The van der Waals surface area contributed by atoms with Crippen LogP contribution in [-0.4, -0.2) is 67.8 Å². The first-order chi connectivity index (χ1) is 17.6. The van der Waals surface area contributed by atoms with Crippen LogP contribution in [0.15, 0.2) is 48.5 Å². The largest absolute Gasteiger partial charge is 0.497 e. The van der Waals surface area contributed by atoms with Crippen molar-refractivity contribution in [3.8, 4) is 11.5 Å². The minimum atomic E-state index is -0.347. The SMILES string of the molecule is COc1cccc(CN2C[C@@H]3C[C@H]2C(=O)NC[C@@H]2CCC[C@@H](CCOc4ccccc4C(=O)N3)O2)c1. The van der Waals surface area contributed by atoms with Gasteiger partial charge in [-0.15, -0.1) is 0 Å². The van der Waals surface area contributed by atoms with Crippen molar-refractivity contribution in [1.82, 2.24) is 15.5 Å². The number of para-hydroxylation sites is 1. The maximum Gasteiger partial charge on any atom is 0.255 e. The van der Waals surface area contributed by atoms with Gasteiger partial charge < -0.3 is 24.8 Å². The fourth-order valence-electron chi connectivity index (χ4n) is 5.48. The van der Waals surface area contributed by atoms with Gasteiger partial charge in [-0.05, 0) is 55.5 Å². The van der Waals surface area contributed by atoms with Gasteiger partial charge in [-0.1, -0.05) is 24.3 Å². The Bertz CT molecular complexity index is 1080. The average molecular weight is 494 g/mol. The standard InChI is InChI=1S/C28H35N3O5/c1-34-22-8-4-6-19(14-22)17-31-18-20-15-25(31)28(33)29-16-23-9-5-7-21(36-23)12-13-35-26-11-3-2-10-24(26)27(32)30-20/h2-4,6,8,10-11,14,20-21,23,25H,5,7,9,12-13,15-18H2,1H3,(H,29,33)(H,30,32)/t20-,21-,23-,25-/m0/s1. The zero-order valence-electron chi connectivity index (χ0n) is 20.8. The third-order valence-corrected chi connectivity index (χ3v) is 7.33. The van der Waals surface area contributed by atoms with Crippen LogP contribution in [0.1, 0.15) is 48.0 Å². The van der Waals surface area contributed by atoms with E-state index in [2.05, 4.69) is 15.5 Å². The number of rotatable bonds is 3. The van der Waals surface area contributed by atoms with E-state index in [1.165, 1.54) is 0 Å². The number of nitrogens with one attached hydrogen (secondary N) is 2. The highest BCUT2D eigenvalue weighted by Crippen LogP contribution is 2.26. The van der Waals surface area contributed by atoms with Crippen LogP contribution in [-0.2, 0) is 16.1 Å². The molecule has 2 saturated heterocycles. The molecule has 5 rings (SSSR count). The van der Waals surface area contributed by atoms with Crippen molar-refractivity contribution in [2.45, 2.75) is 62.9 Å². The van der Waals surface area contributed by atoms with Gasteiger partial charge in [-0.3, -0.25) is 14.5 Å². The summed E-state index contributed by atoms with van der Waals surface area (Å²) in [5.41, 5.74) is 1.57. The summed E-state index contributed by atoms with van der Waals surface area (Å²) in [7, 11) is 1.65. The zero-order chi connectivity index (χ0) is 24.9. The second-order valence-electron chi connectivity index (χ2n) is 9.89. The number of carbonyl (C=O) groups is 2. The average Bonchev–Trinajstić information content (AvgIpc) is 3.29. The van der Waals surface area contributed by atoms with Gasteiger partial charge in [0.05, 0.1) is 37.5 Å². The lowest BCUT2D eigenvalue weighted by molar-refractivity contribution is -0.127. The summed E-state index contributed by atoms with van der Waals surface area (Å²) in [4.78, 5) is 28.7. The molecule has 0 aliphatic carbocycles. The number of benzene rings is 2. The molecule has 3 aliphatic heterocycles. The van der Waals surface area contributed by atoms with Crippen molar-refractivity contribution in [1.29, 1.82) is 0 Å². The smallest absolute Gasteiger partial charge is 0.255 e. The van der Waals surface area contributed by atoms with Gasteiger partial charge in [0.15, 0.2) is 0 Å². The topological polar surface area (TPSA) is 89.1 Å². The Labute approximate surface area is 212 Å². The van der Waals surface area contributed by atoms with Crippen LogP contribution in [0.2, 0.25) is 0 Å². The Hall–Kier alpha value is -3.10. The second-order valence-corrected chi connectivity index (χ2v) is 9.89. The number of methoxy groups -OCH3 is 1. The predicted octanol–water partition coefficient (Wildman–Crippen LogP) is 2.90. The van der Waals surface area contributed by atoms with Gasteiger partial charge in [-0.25, -0.2) is 0 Å². The molecule has 2 aromatic rings. The third-order valence-electron chi connectivity index (χ3n) is 7.33. The fraction of sp³-hybridized carbons (Fsp3) is 0.500. The summed E-state index contributed by atoms with van der Waals surface area (Å²) in [5, 5.41) is 6.29. The van der Waals surface area contributed by atoms with Crippen LogP contribution in [0.25, 0.3) is 0 Å². The molecule has 0 saturated carbocycles. The summed E-state index contributed by atoms with van der Waals surface area (Å²) in [5.74, 6) is 1.16. The minimum Gasteiger partial charge on any atom is -0.497 e. The van der Waals surface area contributed by atoms with Crippen LogP contribution >= 0.6 is 0 Å². The number of carbonyl (C=O) groups excluding carboxylic acids is 2. The first-order valence-corrected chi connectivity index (χ1v) is 12.9. The molecule has 36 heavy (non-hydrogen) atoms. The number of hydrogen-bond acceptors (Lipinski definition) is 6. The molecule has 8 heteroatoms. The Kier molecular flexibility index (Phi) is 7.72. The molecule has 0 radical (unpaired) electrons. The number of hydrogen-bond donors (Lipinski definition) is 2.